The summed E-state index contributed by atoms with van der Waals surface area (Å²) in [6, 6.07) is 18.2. The molecule has 4 nitrogen and oxygen atoms in total. The summed E-state index contributed by atoms with van der Waals surface area (Å²) in [5.41, 5.74) is 2.31. The average molecular weight is 339 g/mol. The summed E-state index contributed by atoms with van der Waals surface area (Å²) < 4.78 is 11.4. The van der Waals surface area contributed by atoms with E-state index in [0.717, 1.165) is 37.2 Å². The van der Waals surface area contributed by atoms with E-state index in [0.29, 0.717) is 6.54 Å². The number of nitrogens with zero attached hydrogens (tertiary/aromatic N) is 1. The second kappa shape index (κ2) is 8.67. The fraction of sp³-hybridized carbons (Fsp3) is 0.381. The van der Waals surface area contributed by atoms with Gasteiger partial charge in [-0.15, -0.1) is 0 Å². The van der Waals surface area contributed by atoms with Gasteiger partial charge >= 0.3 is 0 Å². The van der Waals surface area contributed by atoms with Crippen molar-refractivity contribution in [3.63, 3.8) is 0 Å². The van der Waals surface area contributed by atoms with Gasteiger partial charge in [0.25, 0.3) is 5.91 Å². The molecule has 0 radical (unpaired) electrons. The Morgan fingerprint density at radius 3 is 2.68 bits per heavy atom. The van der Waals surface area contributed by atoms with Gasteiger partial charge in [-0.3, -0.25) is 4.79 Å². The minimum absolute atomic E-state index is 0.0231. The Morgan fingerprint density at radius 1 is 1.16 bits per heavy atom. The molecule has 1 fully saturated rings. The third-order valence-electron chi connectivity index (χ3n) is 4.49. The number of hydrogen-bond acceptors (Lipinski definition) is 3. The van der Waals surface area contributed by atoms with Crippen LogP contribution in [0.3, 0.4) is 0 Å². The Balaban J connectivity index is 1.56. The first-order valence-corrected chi connectivity index (χ1v) is 8.82. The Labute approximate surface area is 149 Å². The maximum Gasteiger partial charge on any atom is 0.260 e. The lowest BCUT2D eigenvalue weighted by Crippen LogP contribution is -2.37. The molecular weight excluding hydrogens is 314 g/mol. The van der Waals surface area contributed by atoms with Gasteiger partial charge in [-0.25, -0.2) is 0 Å². The normalized spacial score (nSPS) is 16.6. The van der Waals surface area contributed by atoms with Crippen molar-refractivity contribution in [1.29, 1.82) is 0 Å². The first-order chi connectivity index (χ1) is 12.2. The molecule has 1 aliphatic rings. The lowest BCUT2D eigenvalue weighted by Gasteiger charge is -2.21. The molecule has 0 spiro atoms. The van der Waals surface area contributed by atoms with Gasteiger partial charge in [-0.2, -0.15) is 0 Å². The molecule has 3 rings (SSSR count). The molecule has 1 unspecified atom stereocenters. The Bertz CT molecular complexity index is 681. The first kappa shape index (κ1) is 17.5. The fourth-order valence-electron chi connectivity index (χ4n) is 3.05. The molecule has 0 N–H and O–H groups in total. The van der Waals surface area contributed by atoms with Crippen LogP contribution in [0.4, 0.5) is 0 Å². The topological polar surface area (TPSA) is 38.8 Å². The maximum absolute atomic E-state index is 12.3. The first-order valence-electron chi connectivity index (χ1n) is 8.82. The number of ether oxygens (including phenoxy) is 2. The number of rotatable bonds is 7. The van der Waals surface area contributed by atoms with Crippen LogP contribution in [0.15, 0.2) is 54.6 Å². The second-order valence-corrected chi connectivity index (χ2v) is 6.47. The molecule has 0 bridgehead atoms. The molecule has 0 aromatic heterocycles. The largest absolute Gasteiger partial charge is 0.483 e. The number of carbonyl (C=O) groups excluding carboxylic acids is 1. The van der Waals surface area contributed by atoms with Crippen LogP contribution in [-0.4, -0.2) is 43.7 Å². The molecule has 1 amide bonds. The summed E-state index contributed by atoms with van der Waals surface area (Å²) in [5.74, 6) is 0.746. The summed E-state index contributed by atoms with van der Waals surface area (Å²) in [6.45, 7) is 1.49. The standard InChI is InChI=1S/C21H25NO3/c1-22(15-19-11-7-13-24-19)21(23)16-25-20-12-6-5-10-18(20)14-17-8-3-2-4-9-17/h2-6,8-10,12,19H,7,11,13-16H2,1H3. The predicted octanol–water partition coefficient (Wildman–Crippen LogP) is 3.29. The fourth-order valence-corrected chi connectivity index (χ4v) is 3.05. The number of likely N-dealkylation sites (N-methyl/N-ethyl adjacent to an activating group) is 1. The monoisotopic (exact) mass is 339 g/mol. The van der Waals surface area contributed by atoms with Crippen LogP contribution in [-0.2, 0) is 16.0 Å². The molecule has 0 saturated carbocycles. The van der Waals surface area contributed by atoms with Gasteiger partial charge in [-0.1, -0.05) is 48.5 Å². The molecule has 2 aromatic carbocycles. The van der Waals surface area contributed by atoms with E-state index in [-0.39, 0.29) is 18.6 Å². The molecule has 1 aliphatic heterocycles. The number of para-hydroxylation sites is 1. The Hall–Kier alpha value is -2.33. The maximum atomic E-state index is 12.3. The van der Waals surface area contributed by atoms with Gasteiger partial charge in [-0.05, 0) is 30.0 Å². The van der Waals surface area contributed by atoms with E-state index in [1.54, 1.807) is 4.90 Å². The predicted molar refractivity (Wildman–Crippen MR) is 97.8 cm³/mol. The zero-order chi connectivity index (χ0) is 17.5. The van der Waals surface area contributed by atoms with Crippen LogP contribution in [0.5, 0.6) is 5.75 Å². The van der Waals surface area contributed by atoms with Gasteiger partial charge in [0, 0.05) is 26.6 Å². The van der Waals surface area contributed by atoms with Crippen LogP contribution in [0, 0.1) is 0 Å². The Morgan fingerprint density at radius 2 is 1.92 bits per heavy atom. The molecule has 1 atom stereocenters. The molecule has 25 heavy (non-hydrogen) atoms. The van der Waals surface area contributed by atoms with Crippen LogP contribution in [0.25, 0.3) is 0 Å². The average Bonchev–Trinajstić information content (AvgIpc) is 3.14. The zero-order valence-corrected chi connectivity index (χ0v) is 14.7. The highest BCUT2D eigenvalue weighted by Gasteiger charge is 2.20. The second-order valence-electron chi connectivity index (χ2n) is 6.47. The van der Waals surface area contributed by atoms with Crippen molar-refractivity contribution in [2.45, 2.75) is 25.4 Å². The molecule has 4 heteroatoms. The van der Waals surface area contributed by atoms with Gasteiger partial charge in [0.05, 0.1) is 6.10 Å². The minimum atomic E-state index is -0.0231. The highest BCUT2D eigenvalue weighted by Crippen LogP contribution is 2.21. The number of hydrogen-bond donors (Lipinski definition) is 0. The van der Waals surface area contributed by atoms with Crippen molar-refractivity contribution in [1.82, 2.24) is 4.90 Å². The van der Waals surface area contributed by atoms with Crippen LogP contribution < -0.4 is 4.74 Å². The van der Waals surface area contributed by atoms with Gasteiger partial charge in [0.15, 0.2) is 6.61 Å². The molecule has 132 valence electrons. The molecule has 1 heterocycles. The van der Waals surface area contributed by atoms with Gasteiger partial charge < -0.3 is 14.4 Å². The van der Waals surface area contributed by atoms with E-state index in [1.165, 1.54) is 5.56 Å². The molecule has 0 aliphatic carbocycles. The molecule has 1 saturated heterocycles. The van der Waals surface area contributed by atoms with E-state index in [9.17, 15) is 4.79 Å². The highest BCUT2D eigenvalue weighted by atomic mass is 16.5. The van der Waals surface area contributed by atoms with E-state index in [4.69, 9.17) is 9.47 Å². The highest BCUT2D eigenvalue weighted by molar-refractivity contribution is 5.77. The quantitative estimate of drug-likeness (QED) is 0.777. The van der Waals surface area contributed by atoms with Crippen LogP contribution in [0.2, 0.25) is 0 Å². The molecule has 2 aromatic rings. The molecular formula is C21H25NO3. The van der Waals surface area contributed by atoms with E-state index in [1.807, 2.05) is 49.5 Å². The summed E-state index contributed by atoms with van der Waals surface area (Å²) in [4.78, 5) is 14.0. The van der Waals surface area contributed by atoms with Crippen molar-refractivity contribution < 1.29 is 14.3 Å². The van der Waals surface area contributed by atoms with Crippen LogP contribution in [0.1, 0.15) is 24.0 Å². The SMILES string of the molecule is CN(CC1CCCO1)C(=O)COc1ccccc1Cc1ccccc1. The van der Waals surface area contributed by atoms with Crippen LogP contribution >= 0.6 is 0 Å². The number of carbonyl (C=O) groups is 1. The lowest BCUT2D eigenvalue weighted by molar-refractivity contribution is -0.133. The van der Waals surface area contributed by atoms with E-state index < -0.39 is 0 Å². The van der Waals surface area contributed by atoms with Crippen molar-refractivity contribution in [3.05, 3.63) is 65.7 Å². The minimum Gasteiger partial charge on any atom is -0.483 e. The van der Waals surface area contributed by atoms with Gasteiger partial charge in [0.1, 0.15) is 5.75 Å². The van der Waals surface area contributed by atoms with Gasteiger partial charge in [0.2, 0.25) is 0 Å². The van der Waals surface area contributed by atoms with E-state index >= 15 is 0 Å². The zero-order valence-electron chi connectivity index (χ0n) is 14.7. The summed E-state index contributed by atoms with van der Waals surface area (Å²) >= 11 is 0. The lowest BCUT2D eigenvalue weighted by atomic mass is 10.0. The van der Waals surface area contributed by atoms with Crippen molar-refractivity contribution in [2.75, 3.05) is 26.8 Å². The van der Waals surface area contributed by atoms with E-state index in [2.05, 4.69) is 12.1 Å². The third-order valence-corrected chi connectivity index (χ3v) is 4.49. The smallest absolute Gasteiger partial charge is 0.260 e. The van der Waals surface area contributed by atoms with Crippen molar-refractivity contribution >= 4 is 5.91 Å². The number of amides is 1. The summed E-state index contributed by atoms with van der Waals surface area (Å²) in [6.07, 6.45) is 3.06. The summed E-state index contributed by atoms with van der Waals surface area (Å²) in [7, 11) is 1.81. The van der Waals surface area contributed by atoms with Crippen molar-refractivity contribution in [2.24, 2.45) is 0 Å². The summed E-state index contributed by atoms with van der Waals surface area (Å²) in [5, 5.41) is 0. The Kier molecular flexibility index (Phi) is 6.07. The third kappa shape index (κ3) is 5.07. The number of benzene rings is 2. The van der Waals surface area contributed by atoms with Crippen molar-refractivity contribution in [3.8, 4) is 5.75 Å².